The van der Waals surface area contributed by atoms with E-state index in [1.165, 1.54) is 0 Å². The van der Waals surface area contributed by atoms with E-state index in [1.54, 1.807) is 0 Å². The second kappa shape index (κ2) is 13.0. The second-order valence-electron chi connectivity index (χ2n) is 2.97. The molecule has 0 saturated carbocycles. The summed E-state index contributed by atoms with van der Waals surface area (Å²) < 4.78 is 0. The molecule has 0 aromatic heterocycles. The maximum absolute atomic E-state index is 3.72. The van der Waals surface area contributed by atoms with Crippen molar-refractivity contribution >= 4 is 0 Å². The molecule has 0 aliphatic heterocycles. The molecule has 1 heteroatoms. The van der Waals surface area contributed by atoms with Crippen LogP contribution in [0.2, 0.25) is 0 Å². The molecule has 2 aromatic rings. The van der Waals surface area contributed by atoms with Crippen molar-refractivity contribution in [3.05, 3.63) is 100 Å². The molecule has 0 aliphatic carbocycles. The Labute approximate surface area is 122 Å². The van der Waals surface area contributed by atoms with Crippen molar-refractivity contribution in [1.29, 1.82) is 0 Å². The average Bonchev–Trinajstić information content (AvgIpc) is 2.21. The molecule has 0 atom stereocenters. The number of benzene rings is 2. The van der Waals surface area contributed by atoms with Crippen LogP contribution in [0.15, 0.2) is 60.7 Å². The molecule has 17 heavy (non-hydrogen) atoms. The van der Waals surface area contributed by atoms with E-state index in [0.717, 1.165) is 11.1 Å². The summed E-state index contributed by atoms with van der Waals surface area (Å²) in [6, 6.07) is 19.7. The van der Waals surface area contributed by atoms with Gasteiger partial charge in [-0.1, -0.05) is 12.1 Å². The molecular formula is C16H20Ti. The van der Waals surface area contributed by atoms with Crippen LogP contribution in [0.1, 0.15) is 11.1 Å². The topological polar surface area (TPSA) is 0 Å². The van der Waals surface area contributed by atoms with Gasteiger partial charge < -0.3 is 14.9 Å². The predicted molar refractivity (Wildman–Crippen MR) is 74.6 cm³/mol. The van der Waals surface area contributed by atoms with Crippen LogP contribution in [-0.4, -0.2) is 0 Å². The summed E-state index contributed by atoms with van der Waals surface area (Å²) in [6.45, 7) is 7.44. The fraction of sp³-hybridized carbons (Fsp3) is 0. The quantitative estimate of drug-likeness (QED) is 0.478. The van der Waals surface area contributed by atoms with Crippen molar-refractivity contribution in [3.8, 4) is 0 Å². The van der Waals surface area contributed by atoms with E-state index in [-0.39, 0.29) is 36.6 Å². The Bertz CT molecular complexity index is 303. The summed E-state index contributed by atoms with van der Waals surface area (Å²) in [6.07, 6.45) is 0. The van der Waals surface area contributed by atoms with Crippen LogP contribution in [0.4, 0.5) is 0 Å². The van der Waals surface area contributed by atoms with Gasteiger partial charge in [-0.05, 0) is 0 Å². The van der Waals surface area contributed by atoms with E-state index in [4.69, 9.17) is 0 Å². The van der Waals surface area contributed by atoms with E-state index in [9.17, 15) is 0 Å². The van der Waals surface area contributed by atoms with Crippen molar-refractivity contribution in [3.63, 3.8) is 0 Å². The molecule has 0 spiro atoms. The SMILES string of the molecule is [CH2-]c1ccccc1.[CH2-]c1ccccc1.[CH3-].[CH3-].[Ti+4]. The second-order valence-corrected chi connectivity index (χ2v) is 2.97. The minimum atomic E-state index is 0. The Morgan fingerprint density at radius 3 is 0.882 bits per heavy atom. The summed E-state index contributed by atoms with van der Waals surface area (Å²) in [4.78, 5) is 0. The van der Waals surface area contributed by atoms with Crippen molar-refractivity contribution in [2.45, 2.75) is 0 Å². The largest absolute Gasteiger partial charge is 4.00 e. The van der Waals surface area contributed by atoms with Gasteiger partial charge in [0.2, 0.25) is 0 Å². The molecule has 0 bridgehead atoms. The first-order valence-corrected chi connectivity index (χ1v) is 4.53. The molecule has 0 aliphatic rings. The van der Waals surface area contributed by atoms with Gasteiger partial charge in [0.25, 0.3) is 0 Å². The zero-order valence-electron chi connectivity index (χ0n) is 10.7. The van der Waals surface area contributed by atoms with E-state index >= 15 is 0 Å². The summed E-state index contributed by atoms with van der Waals surface area (Å²) in [5.74, 6) is 0. The van der Waals surface area contributed by atoms with Crippen LogP contribution in [0, 0.1) is 28.7 Å². The Morgan fingerprint density at radius 1 is 0.529 bits per heavy atom. The molecule has 0 heterocycles. The van der Waals surface area contributed by atoms with Crippen LogP contribution in [0.3, 0.4) is 0 Å². The summed E-state index contributed by atoms with van der Waals surface area (Å²) >= 11 is 0. The summed E-state index contributed by atoms with van der Waals surface area (Å²) in [7, 11) is 0. The third-order valence-electron chi connectivity index (χ3n) is 1.69. The van der Waals surface area contributed by atoms with E-state index < -0.39 is 0 Å². The molecule has 0 nitrogen and oxygen atoms in total. The zero-order chi connectivity index (χ0) is 10.2. The van der Waals surface area contributed by atoms with Crippen LogP contribution in [-0.2, 0) is 21.7 Å². The fourth-order valence-corrected chi connectivity index (χ4v) is 0.956. The minimum absolute atomic E-state index is 0. The van der Waals surface area contributed by atoms with Crippen molar-refractivity contribution in [2.75, 3.05) is 0 Å². The average molecular weight is 260 g/mol. The van der Waals surface area contributed by atoms with Crippen LogP contribution >= 0.6 is 0 Å². The Kier molecular flexibility index (Phi) is 16.2. The smallest absolute Gasteiger partial charge is 0.358 e. The summed E-state index contributed by atoms with van der Waals surface area (Å²) in [5.41, 5.74) is 2.14. The van der Waals surface area contributed by atoms with Gasteiger partial charge in [0.05, 0.1) is 0 Å². The molecule has 0 fully saturated rings. The van der Waals surface area contributed by atoms with Gasteiger partial charge >= 0.3 is 21.7 Å². The van der Waals surface area contributed by atoms with Crippen LogP contribution in [0.25, 0.3) is 0 Å². The first kappa shape index (κ1) is 21.2. The normalized spacial score (nSPS) is 7.06. The van der Waals surface area contributed by atoms with E-state index in [0.29, 0.717) is 0 Å². The molecule has 0 saturated heterocycles. The van der Waals surface area contributed by atoms with Gasteiger partial charge in [-0.3, -0.25) is 0 Å². The molecular weight excluding hydrogens is 240 g/mol. The fourth-order valence-electron chi connectivity index (χ4n) is 0.956. The Balaban J connectivity index is -0.000000196. The van der Waals surface area contributed by atoms with Gasteiger partial charge in [0.1, 0.15) is 0 Å². The maximum Gasteiger partial charge on any atom is 4.00 e. The molecule has 88 valence electrons. The van der Waals surface area contributed by atoms with Gasteiger partial charge in [0.15, 0.2) is 0 Å². The molecule has 0 amide bonds. The molecule has 2 aromatic carbocycles. The number of hydrogen-bond acceptors (Lipinski definition) is 0. The standard InChI is InChI=1S/2C7H7.2CH3.Ti/c2*1-7-5-3-2-4-6-7;;;/h2*2-6H,1H2;2*1H3;/q4*-1;+4. The number of hydrogen-bond donors (Lipinski definition) is 0. The van der Waals surface area contributed by atoms with Crippen molar-refractivity contribution in [2.24, 2.45) is 0 Å². The number of rotatable bonds is 0. The molecule has 0 N–H and O–H groups in total. The Hall–Kier alpha value is -1.11. The minimum Gasteiger partial charge on any atom is -0.358 e. The zero-order valence-corrected chi connectivity index (χ0v) is 12.2. The maximum atomic E-state index is 3.72. The molecule has 0 radical (unpaired) electrons. The first-order chi connectivity index (χ1) is 6.79. The monoisotopic (exact) mass is 260 g/mol. The van der Waals surface area contributed by atoms with Crippen molar-refractivity contribution < 1.29 is 21.7 Å². The van der Waals surface area contributed by atoms with Crippen LogP contribution < -0.4 is 0 Å². The first-order valence-electron chi connectivity index (χ1n) is 4.53. The van der Waals surface area contributed by atoms with Crippen LogP contribution in [0.5, 0.6) is 0 Å². The van der Waals surface area contributed by atoms with Gasteiger partial charge in [-0.15, -0.1) is 24.3 Å². The van der Waals surface area contributed by atoms with Crippen molar-refractivity contribution in [1.82, 2.24) is 0 Å². The van der Waals surface area contributed by atoms with Gasteiger partial charge in [0, 0.05) is 0 Å². The Morgan fingerprint density at radius 2 is 0.765 bits per heavy atom. The third kappa shape index (κ3) is 11.2. The third-order valence-corrected chi connectivity index (χ3v) is 1.69. The predicted octanol–water partition coefficient (Wildman–Crippen LogP) is 4.64. The van der Waals surface area contributed by atoms with Gasteiger partial charge in [-0.2, -0.15) is 49.2 Å². The van der Waals surface area contributed by atoms with Gasteiger partial charge in [-0.25, -0.2) is 0 Å². The summed E-state index contributed by atoms with van der Waals surface area (Å²) in [5, 5.41) is 0. The van der Waals surface area contributed by atoms with E-state index in [1.807, 2.05) is 60.7 Å². The molecule has 2 rings (SSSR count). The van der Waals surface area contributed by atoms with E-state index in [2.05, 4.69) is 13.8 Å². The molecule has 0 unspecified atom stereocenters.